The van der Waals surface area contributed by atoms with Crippen LogP contribution in [0.2, 0.25) is 5.02 Å². The maximum atomic E-state index is 13.2. The van der Waals surface area contributed by atoms with Gasteiger partial charge in [-0.15, -0.1) is 0 Å². The van der Waals surface area contributed by atoms with Crippen LogP contribution in [0.3, 0.4) is 0 Å². The van der Waals surface area contributed by atoms with E-state index in [4.69, 9.17) is 16.0 Å². The minimum absolute atomic E-state index is 0.0917. The average molecular weight is 431 g/mol. The molecule has 0 radical (unpaired) electrons. The van der Waals surface area contributed by atoms with Gasteiger partial charge in [-0.2, -0.15) is 0 Å². The molecule has 3 amide bonds. The van der Waals surface area contributed by atoms with Crippen molar-refractivity contribution in [3.05, 3.63) is 28.5 Å². The summed E-state index contributed by atoms with van der Waals surface area (Å²) in [6, 6.07) is 3.70. The van der Waals surface area contributed by atoms with Crippen molar-refractivity contribution in [1.29, 1.82) is 0 Å². The van der Waals surface area contributed by atoms with Gasteiger partial charge in [0, 0.05) is 30.1 Å². The van der Waals surface area contributed by atoms with E-state index in [1.54, 1.807) is 12.1 Å². The number of likely N-dealkylation sites (N-methyl/N-ethyl adjacent to an activating group) is 1. The van der Waals surface area contributed by atoms with Crippen LogP contribution in [0.5, 0.6) is 0 Å². The summed E-state index contributed by atoms with van der Waals surface area (Å²) in [5, 5.41) is 7.29. The quantitative estimate of drug-likeness (QED) is 0.750. The van der Waals surface area contributed by atoms with E-state index in [1.165, 1.54) is 0 Å². The third-order valence-corrected chi connectivity index (χ3v) is 7.23. The van der Waals surface area contributed by atoms with Crippen LogP contribution < -0.4 is 10.6 Å². The highest BCUT2D eigenvalue weighted by molar-refractivity contribution is 6.35. The Morgan fingerprint density at radius 1 is 1.27 bits per heavy atom. The molecule has 1 saturated carbocycles. The SMILES string of the molecule is CN(C)C1CCN(C(=O)c2cc3cc(Cl)c4c(c3o2)C2(CCCCC2)NC(=O)N4)C1. The molecule has 1 spiro atoms. The molecule has 1 aliphatic carbocycles. The van der Waals surface area contributed by atoms with Gasteiger partial charge in [-0.3, -0.25) is 4.79 Å². The van der Waals surface area contributed by atoms with E-state index in [0.717, 1.165) is 56.0 Å². The Labute approximate surface area is 180 Å². The average Bonchev–Trinajstić information content (AvgIpc) is 3.35. The molecule has 3 heterocycles. The van der Waals surface area contributed by atoms with Crippen LogP contribution in [-0.2, 0) is 5.54 Å². The largest absolute Gasteiger partial charge is 0.450 e. The van der Waals surface area contributed by atoms with Crippen LogP contribution in [0.4, 0.5) is 10.5 Å². The van der Waals surface area contributed by atoms with Crippen LogP contribution in [-0.4, -0.2) is 55.0 Å². The second-order valence-electron chi connectivity index (χ2n) is 9.02. The fourth-order valence-electron chi connectivity index (χ4n) is 5.29. The zero-order chi connectivity index (χ0) is 21.0. The number of nitrogens with zero attached hydrogens (tertiary/aromatic N) is 2. The number of urea groups is 1. The number of fused-ring (bicyclic) bond motifs is 4. The molecule has 5 rings (SSSR count). The van der Waals surface area contributed by atoms with Gasteiger partial charge < -0.3 is 24.9 Å². The molecule has 1 unspecified atom stereocenters. The zero-order valence-corrected chi connectivity index (χ0v) is 18.1. The molecule has 0 bridgehead atoms. The molecule has 2 aliphatic heterocycles. The Balaban J connectivity index is 1.58. The first kappa shape index (κ1) is 19.7. The topological polar surface area (TPSA) is 77.8 Å². The number of carbonyl (C=O) groups excluding carboxylic acids is 2. The number of nitrogens with one attached hydrogen (secondary N) is 2. The Morgan fingerprint density at radius 2 is 2.03 bits per heavy atom. The van der Waals surface area contributed by atoms with Crippen molar-refractivity contribution >= 4 is 40.2 Å². The van der Waals surface area contributed by atoms with E-state index in [0.29, 0.717) is 34.6 Å². The van der Waals surface area contributed by atoms with Gasteiger partial charge in [0.05, 0.1) is 16.2 Å². The predicted molar refractivity (Wildman–Crippen MR) is 116 cm³/mol. The Hall–Kier alpha value is -2.25. The lowest BCUT2D eigenvalue weighted by atomic mass is 9.74. The number of halogens is 1. The maximum absolute atomic E-state index is 13.2. The van der Waals surface area contributed by atoms with E-state index in [1.807, 2.05) is 19.0 Å². The van der Waals surface area contributed by atoms with Crippen LogP contribution in [0, 0.1) is 0 Å². The summed E-state index contributed by atoms with van der Waals surface area (Å²) in [5.74, 6) is 0.239. The molecule has 2 fully saturated rings. The molecular formula is C22H27ClN4O3. The van der Waals surface area contributed by atoms with Crippen molar-refractivity contribution in [3.63, 3.8) is 0 Å². The van der Waals surface area contributed by atoms with Crippen molar-refractivity contribution in [2.45, 2.75) is 50.1 Å². The van der Waals surface area contributed by atoms with Crippen molar-refractivity contribution in [1.82, 2.24) is 15.1 Å². The molecule has 2 aromatic rings. The number of amides is 3. The minimum Gasteiger partial charge on any atom is -0.450 e. The van der Waals surface area contributed by atoms with Crippen molar-refractivity contribution in [2.24, 2.45) is 0 Å². The van der Waals surface area contributed by atoms with E-state index in [2.05, 4.69) is 15.5 Å². The van der Waals surface area contributed by atoms with E-state index >= 15 is 0 Å². The molecule has 3 aliphatic rings. The highest BCUT2D eigenvalue weighted by Gasteiger charge is 2.44. The monoisotopic (exact) mass is 430 g/mol. The van der Waals surface area contributed by atoms with Gasteiger partial charge in [0.15, 0.2) is 5.76 Å². The van der Waals surface area contributed by atoms with Crippen molar-refractivity contribution < 1.29 is 14.0 Å². The van der Waals surface area contributed by atoms with Gasteiger partial charge >= 0.3 is 6.03 Å². The summed E-state index contributed by atoms with van der Waals surface area (Å²) in [4.78, 5) is 29.5. The standard InChI is InChI=1S/C22H27ClN4O3/c1-26(2)14-6-9-27(12-14)20(28)16-11-13-10-15(23)18-17(19(13)30-16)22(25-21(29)24-18)7-4-3-5-8-22/h10-11,14H,3-9,12H2,1-2H3,(H2,24,25,29). The highest BCUT2D eigenvalue weighted by Crippen LogP contribution is 2.49. The summed E-state index contributed by atoms with van der Waals surface area (Å²) in [7, 11) is 4.08. The van der Waals surface area contributed by atoms with Crippen LogP contribution in [0.25, 0.3) is 11.0 Å². The first-order valence-corrected chi connectivity index (χ1v) is 11.1. The predicted octanol–water partition coefficient (Wildman–Crippen LogP) is 4.16. The summed E-state index contributed by atoms with van der Waals surface area (Å²) in [6.45, 7) is 1.42. The van der Waals surface area contributed by atoms with E-state index in [-0.39, 0.29) is 11.9 Å². The second-order valence-corrected chi connectivity index (χ2v) is 9.42. The van der Waals surface area contributed by atoms with Crippen LogP contribution in [0.1, 0.15) is 54.6 Å². The van der Waals surface area contributed by atoms with Crippen molar-refractivity contribution in [2.75, 3.05) is 32.5 Å². The number of furan rings is 1. The minimum atomic E-state index is -0.499. The molecule has 1 aromatic carbocycles. The lowest BCUT2D eigenvalue weighted by Gasteiger charge is -2.42. The lowest BCUT2D eigenvalue weighted by molar-refractivity contribution is 0.0753. The molecule has 1 atom stereocenters. The Kier molecular flexibility index (Phi) is 4.71. The third-order valence-electron chi connectivity index (χ3n) is 6.93. The molecular weight excluding hydrogens is 404 g/mol. The summed E-state index contributed by atoms with van der Waals surface area (Å²) in [5.41, 5.74) is 1.64. The first-order valence-electron chi connectivity index (χ1n) is 10.7. The fraction of sp³-hybridized carbons (Fsp3) is 0.545. The van der Waals surface area contributed by atoms with E-state index in [9.17, 15) is 9.59 Å². The summed E-state index contributed by atoms with van der Waals surface area (Å²) < 4.78 is 6.20. The smallest absolute Gasteiger partial charge is 0.319 e. The van der Waals surface area contributed by atoms with Gasteiger partial charge in [0.1, 0.15) is 5.58 Å². The van der Waals surface area contributed by atoms with Crippen LogP contribution in [0.15, 0.2) is 16.5 Å². The van der Waals surface area contributed by atoms with Gasteiger partial charge in [0.2, 0.25) is 0 Å². The number of carbonyl (C=O) groups is 2. The first-order chi connectivity index (χ1) is 14.4. The summed E-state index contributed by atoms with van der Waals surface area (Å²) in [6.07, 6.45) is 5.83. The van der Waals surface area contributed by atoms with Crippen molar-refractivity contribution in [3.8, 4) is 0 Å². The number of benzene rings is 1. The highest BCUT2D eigenvalue weighted by atomic mass is 35.5. The van der Waals surface area contributed by atoms with Gasteiger partial charge in [-0.25, -0.2) is 4.79 Å². The zero-order valence-electron chi connectivity index (χ0n) is 17.4. The maximum Gasteiger partial charge on any atom is 0.319 e. The molecule has 1 saturated heterocycles. The number of likely N-dealkylation sites (tertiary alicyclic amines) is 1. The number of hydrogen-bond acceptors (Lipinski definition) is 4. The fourth-order valence-corrected chi connectivity index (χ4v) is 5.55. The van der Waals surface area contributed by atoms with Gasteiger partial charge in [0.25, 0.3) is 5.91 Å². The van der Waals surface area contributed by atoms with E-state index < -0.39 is 5.54 Å². The number of rotatable bonds is 2. The molecule has 7 nitrogen and oxygen atoms in total. The number of hydrogen-bond donors (Lipinski definition) is 2. The normalized spacial score (nSPS) is 23.0. The summed E-state index contributed by atoms with van der Waals surface area (Å²) >= 11 is 6.57. The molecule has 160 valence electrons. The second kappa shape index (κ2) is 7.17. The third kappa shape index (κ3) is 3.06. The lowest BCUT2D eigenvalue weighted by Crippen LogP contribution is -2.52. The molecule has 8 heteroatoms. The van der Waals surface area contributed by atoms with Gasteiger partial charge in [-0.05, 0) is 45.5 Å². The number of anilines is 1. The Bertz CT molecular complexity index is 1030. The molecule has 2 N–H and O–H groups in total. The van der Waals surface area contributed by atoms with Crippen LogP contribution >= 0.6 is 11.6 Å². The van der Waals surface area contributed by atoms with Gasteiger partial charge in [-0.1, -0.05) is 30.9 Å². The Morgan fingerprint density at radius 3 is 2.73 bits per heavy atom. The molecule has 1 aromatic heterocycles. The molecule has 30 heavy (non-hydrogen) atoms.